The van der Waals surface area contributed by atoms with Crippen LogP contribution in [0.3, 0.4) is 0 Å². The summed E-state index contributed by atoms with van der Waals surface area (Å²) in [5.74, 6) is 1.54. The molecule has 0 aliphatic rings. The Kier molecular flexibility index (Phi) is 4.39. The number of halogens is 1. The average Bonchev–Trinajstić information content (AvgIpc) is 3.00. The summed E-state index contributed by atoms with van der Waals surface area (Å²) in [5.41, 5.74) is 8.56. The number of aromatic amines is 1. The van der Waals surface area contributed by atoms with E-state index in [9.17, 15) is 0 Å². The second-order valence-corrected chi connectivity index (χ2v) is 5.59. The largest absolute Gasteiger partial charge is 0.398 e. The number of nitrogen functional groups attached to an aromatic ring is 1. The number of nitrogens with zero attached hydrogens (tertiary/aromatic N) is 2. The van der Waals surface area contributed by atoms with Crippen LogP contribution in [0.15, 0.2) is 48.5 Å². The second-order valence-electron chi connectivity index (χ2n) is 5.18. The Morgan fingerprint density at radius 1 is 1.05 bits per heavy atom. The molecular formula is C17H17ClN4. The van der Waals surface area contributed by atoms with Crippen molar-refractivity contribution >= 4 is 17.3 Å². The molecule has 4 nitrogen and oxygen atoms in total. The zero-order valence-corrected chi connectivity index (χ0v) is 12.8. The lowest BCUT2D eigenvalue weighted by Gasteiger charge is -2.00. The molecule has 0 radical (unpaired) electrons. The molecule has 3 N–H and O–H groups in total. The zero-order chi connectivity index (χ0) is 15.4. The molecule has 0 bridgehead atoms. The van der Waals surface area contributed by atoms with Crippen molar-refractivity contribution in [3.63, 3.8) is 0 Å². The van der Waals surface area contributed by atoms with E-state index in [4.69, 9.17) is 17.3 Å². The van der Waals surface area contributed by atoms with Gasteiger partial charge in [0, 0.05) is 12.0 Å². The highest BCUT2D eigenvalue weighted by Crippen LogP contribution is 2.24. The number of benzene rings is 2. The first kappa shape index (κ1) is 14.6. The SMILES string of the molecule is Nc1cc(-c2n[nH]c(CCCc3ccccc3)n2)ccc1Cl. The molecule has 0 amide bonds. The molecule has 1 heterocycles. The Morgan fingerprint density at radius 2 is 1.86 bits per heavy atom. The van der Waals surface area contributed by atoms with E-state index in [1.165, 1.54) is 5.56 Å². The first-order chi connectivity index (χ1) is 10.7. The summed E-state index contributed by atoms with van der Waals surface area (Å²) in [5, 5.41) is 7.78. The number of nitrogens with one attached hydrogen (secondary N) is 1. The quantitative estimate of drug-likeness (QED) is 0.702. The molecule has 0 saturated carbocycles. The molecule has 1 aromatic heterocycles. The molecule has 0 fully saturated rings. The maximum absolute atomic E-state index is 5.93. The predicted octanol–water partition coefficient (Wildman–Crippen LogP) is 3.88. The first-order valence-corrected chi connectivity index (χ1v) is 7.61. The maximum Gasteiger partial charge on any atom is 0.181 e. The molecular weight excluding hydrogens is 296 g/mol. The molecule has 0 saturated heterocycles. The highest BCUT2D eigenvalue weighted by Gasteiger charge is 2.07. The average molecular weight is 313 g/mol. The van der Waals surface area contributed by atoms with Gasteiger partial charge in [-0.3, -0.25) is 5.10 Å². The van der Waals surface area contributed by atoms with Crippen LogP contribution in [-0.4, -0.2) is 15.2 Å². The van der Waals surface area contributed by atoms with E-state index in [1.54, 1.807) is 12.1 Å². The van der Waals surface area contributed by atoms with Crippen molar-refractivity contribution in [2.45, 2.75) is 19.3 Å². The van der Waals surface area contributed by atoms with Crippen LogP contribution >= 0.6 is 11.6 Å². The third kappa shape index (κ3) is 3.46. The van der Waals surface area contributed by atoms with Gasteiger partial charge in [0.2, 0.25) is 0 Å². The van der Waals surface area contributed by atoms with E-state index < -0.39 is 0 Å². The molecule has 112 valence electrons. The van der Waals surface area contributed by atoms with Crippen molar-refractivity contribution in [3.05, 3.63) is 64.9 Å². The van der Waals surface area contributed by atoms with Crippen LogP contribution in [-0.2, 0) is 12.8 Å². The van der Waals surface area contributed by atoms with Crippen LogP contribution in [0.4, 0.5) is 5.69 Å². The first-order valence-electron chi connectivity index (χ1n) is 7.23. The summed E-state index contributed by atoms with van der Waals surface area (Å²) in [7, 11) is 0. The Balaban J connectivity index is 1.62. The van der Waals surface area contributed by atoms with E-state index in [2.05, 4.69) is 39.4 Å². The van der Waals surface area contributed by atoms with E-state index in [1.807, 2.05) is 12.1 Å². The van der Waals surface area contributed by atoms with Crippen LogP contribution in [0.25, 0.3) is 11.4 Å². The molecule has 5 heteroatoms. The third-order valence-electron chi connectivity index (χ3n) is 3.51. The van der Waals surface area contributed by atoms with Crippen LogP contribution < -0.4 is 5.73 Å². The molecule has 0 atom stereocenters. The monoisotopic (exact) mass is 312 g/mol. The van der Waals surface area contributed by atoms with Gasteiger partial charge < -0.3 is 5.73 Å². The summed E-state index contributed by atoms with van der Waals surface area (Å²) < 4.78 is 0. The van der Waals surface area contributed by atoms with Crippen molar-refractivity contribution in [1.29, 1.82) is 0 Å². The van der Waals surface area contributed by atoms with Crippen molar-refractivity contribution in [1.82, 2.24) is 15.2 Å². The number of aromatic nitrogens is 3. The zero-order valence-electron chi connectivity index (χ0n) is 12.1. The summed E-state index contributed by atoms with van der Waals surface area (Å²) in [6, 6.07) is 15.9. The number of aryl methyl sites for hydroxylation is 2. The smallest absolute Gasteiger partial charge is 0.181 e. The van der Waals surface area contributed by atoms with Crippen molar-refractivity contribution in [2.75, 3.05) is 5.73 Å². The molecule has 2 aromatic carbocycles. The van der Waals surface area contributed by atoms with E-state index >= 15 is 0 Å². The Morgan fingerprint density at radius 3 is 2.64 bits per heavy atom. The number of hydrogen-bond donors (Lipinski definition) is 2. The van der Waals surface area contributed by atoms with Crippen molar-refractivity contribution < 1.29 is 0 Å². The number of nitrogens with two attached hydrogens (primary N) is 1. The Labute approximate surface area is 134 Å². The van der Waals surface area contributed by atoms with Gasteiger partial charge in [-0.2, -0.15) is 5.10 Å². The standard InChI is InChI=1S/C17H17ClN4/c18-14-10-9-13(11-15(14)19)17-20-16(21-22-17)8-4-7-12-5-2-1-3-6-12/h1-3,5-6,9-11H,4,7-8,19H2,(H,20,21,22). The summed E-state index contributed by atoms with van der Waals surface area (Å²) >= 11 is 5.93. The van der Waals surface area contributed by atoms with Gasteiger partial charge in [0.05, 0.1) is 10.7 Å². The van der Waals surface area contributed by atoms with Crippen molar-refractivity contribution in [3.8, 4) is 11.4 Å². The fourth-order valence-corrected chi connectivity index (χ4v) is 2.44. The van der Waals surface area contributed by atoms with E-state index in [-0.39, 0.29) is 0 Å². The molecule has 3 rings (SSSR count). The predicted molar refractivity (Wildman–Crippen MR) is 89.7 cm³/mol. The van der Waals surface area contributed by atoms with Gasteiger partial charge in [-0.1, -0.05) is 41.9 Å². The van der Waals surface area contributed by atoms with Gasteiger partial charge in [-0.15, -0.1) is 0 Å². The Bertz CT molecular complexity index is 752. The molecule has 0 unspecified atom stereocenters. The van der Waals surface area contributed by atoms with Gasteiger partial charge in [0.25, 0.3) is 0 Å². The highest BCUT2D eigenvalue weighted by atomic mass is 35.5. The summed E-state index contributed by atoms with van der Waals surface area (Å²) in [4.78, 5) is 4.52. The number of anilines is 1. The molecule has 0 aliphatic heterocycles. The van der Waals surface area contributed by atoms with Crippen LogP contribution in [0.1, 0.15) is 17.8 Å². The lowest BCUT2D eigenvalue weighted by Crippen LogP contribution is -1.92. The topological polar surface area (TPSA) is 67.6 Å². The van der Waals surface area contributed by atoms with E-state index in [0.717, 1.165) is 30.7 Å². The van der Waals surface area contributed by atoms with Crippen LogP contribution in [0.2, 0.25) is 5.02 Å². The minimum Gasteiger partial charge on any atom is -0.398 e. The minimum absolute atomic E-state index is 0.537. The summed E-state index contributed by atoms with van der Waals surface area (Å²) in [6.07, 6.45) is 2.93. The van der Waals surface area contributed by atoms with Gasteiger partial charge >= 0.3 is 0 Å². The minimum atomic E-state index is 0.537. The number of rotatable bonds is 5. The van der Waals surface area contributed by atoms with Crippen LogP contribution in [0.5, 0.6) is 0 Å². The highest BCUT2D eigenvalue weighted by molar-refractivity contribution is 6.33. The number of H-pyrrole nitrogens is 1. The number of hydrogen-bond acceptors (Lipinski definition) is 3. The summed E-state index contributed by atoms with van der Waals surface area (Å²) in [6.45, 7) is 0. The van der Waals surface area contributed by atoms with Gasteiger partial charge in [0.15, 0.2) is 5.82 Å². The van der Waals surface area contributed by atoms with Gasteiger partial charge in [-0.05, 0) is 36.6 Å². The maximum atomic E-state index is 5.93. The lowest BCUT2D eigenvalue weighted by molar-refractivity contribution is 0.775. The van der Waals surface area contributed by atoms with Crippen molar-refractivity contribution in [2.24, 2.45) is 0 Å². The Hall–Kier alpha value is -2.33. The normalized spacial score (nSPS) is 10.8. The fraction of sp³-hybridized carbons (Fsp3) is 0.176. The third-order valence-corrected chi connectivity index (χ3v) is 3.85. The van der Waals surface area contributed by atoms with Crippen LogP contribution in [0, 0.1) is 0 Å². The lowest BCUT2D eigenvalue weighted by atomic mass is 10.1. The molecule has 3 aromatic rings. The molecule has 0 spiro atoms. The van der Waals surface area contributed by atoms with Gasteiger partial charge in [0.1, 0.15) is 5.82 Å². The van der Waals surface area contributed by atoms with E-state index in [0.29, 0.717) is 16.5 Å². The van der Waals surface area contributed by atoms with Gasteiger partial charge in [-0.25, -0.2) is 4.98 Å². The molecule has 22 heavy (non-hydrogen) atoms. The fourth-order valence-electron chi connectivity index (χ4n) is 2.32. The molecule has 0 aliphatic carbocycles. The second kappa shape index (κ2) is 6.62.